The van der Waals surface area contributed by atoms with Crippen LogP contribution in [0.3, 0.4) is 0 Å². The fraction of sp³-hybridized carbons (Fsp3) is 0.0667. The molecular formula is C30H23N3O2. The standard InChI is InChI=1S/C30H23N3O2/c1-34-23-17-22(18-24(19-23)35-2)29-31-26-16-10-9-15-25(26)30-32-27(20-11-5-3-6-12-20)28(33(29)30)21-13-7-4-8-14-21/h3-19H,1-2H3. The lowest BCUT2D eigenvalue weighted by Gasteiger charge is -2.14. The van der Waals surface area contributed by atoms with Crippen LogP contribution in [-0.2, 0) is 0 Å². The van der Waals surface area contributed by atoms with Crippen molar-refractivity contribution in [3.8, 4) is 45.4 Å². The van der Waals surface area contributed by atoms with E-state index in [0.717, 1.165) is 50.5 Å². The van der Waals surface area contributed by atoms with Gasteiger partial charge in [0.1, 0.15) is 23.0 Å². The molecule has 0 saturated carbocycles. The van der Waals surface area contributed by atoms with E-state index in [-0.39, 0.29) is 0 Å². The van der Waals surface area contributed by atoms with Gasteiger partial charge < -0.3 is 9.47 Å². The summed E-state index contributed by atoms with van der Waals surface area (Å²) >= 11 is 0. The van der Waals surface area contributed by atoms with E-state index in [9.17, 15) is 0 Å². The zero-order chi connectivity index (χ0) is 23.8. The first-order valence-electron chi connectivity index (χ1n) is 11.4. The lowest BCUT2D eigenvalue weighted by atomic mass is 10.0. The molecule has 5 heteroatoms. The maximum atomic E-state index is 5.58. The van der Waals surface area contributed by atoms with E-state index in [4.69, 9.17) is 19.4 Å². The molecule has 170 valence electrons. The maximum Gasteiger partial charge on any atom is 0.149 e. The van der Waals surface area contributed by atoms with E-state index in [0.29, 0.717) is 11.5 Å². The highest BCUT2D eigenvalue weighted by Gasteiger charge is 2.22. The average Bonchev–Trinajstić information content (AvgIpc) is 3.34. The smallest absolute Gasteiger partial charge is 0.149 e. The van der Waals surface area contributed by atoms with Crippen LogP contribution in [0.2, 0.25) is 0 Å². The number of benzene rings is 4. The van der Waals surface area contributed by atoms with Crippen molar-refractivity contribution in [2.24, 2.45) is 0 Å². The van der Waals surface area contributed by atoms with Crippen LogP contribution in [0.25, 0.3) is 50.5 Å². The van der Waals surface area contributed by atoms with Gasteiger partial charge in [-0.2, -0.15) is 0 Å². The van der Waals surface area contributed by atoms with Gasteiger partial charge in [0, 0.05) is 28.1 Å². The highest BCUT2D eigenvalue weighted by Crippen LogP contribution is 2.39. The summed E-state index contributed by atoms with van der Waals surface area (Å²) in [7, 11) is 3.31. The summed E-state index contributed by atoms with van der Waals surface area (Å²) < 4.78 is 13.3. The Kier molecular flexibility index (Phi) is 5.15. The summed E-state index contributed by atoms with van der Waals surface area (Å²) in [5.74, 6) is 2.17. The predicted octanol–water partition coefficient (Wildman–Crippen LogP) is 6.90. The molecule has 2 aromatic heterocycles. The van der Waals surface area contributed by atoms with Crippen molar-refractivity contribution < 1.29 is 9.47 Å². The maximum absolute atomic E-state index is 5.58. The molecule has 0 unspecified atom stereocenters. The van der Waals surface area contributed by atoms with Gasteiger partial charge in [-0.15, -0.1) is 0 Å². The monoisotopic (exact) mass is 457 g/mol. The second kappa shape index (κ2) is 8.61. The number of para-hydroxylation sites is 1. The van der Waals surface area contributed by atoms with Gasteiger partial charge in [-0.1, -0.05) is 72.8 Å². The minimum atomic E-state index is 0.701. The van der Waals surface area contributed by atoms with Gasteiger partial charge in [0.25, 0.3) is 0 Å². The van der Waals surface area contributed by atoms with E-state index >= 15 is 0 Å². The molecule has 0 aliphatic heterocycles. The molecule has 5 nitrogen and oxygen atoms in total. The van der Waals surface area contributed by atoms with Crippen LogP contribution in [0.5, 0.6) is 11.5 Å². The quantitative estimate of drug-likeness (QED) is 0.282. The summed E-state index contributed by atoms with van der Waals surface area (Å²) in [4.78, 5) is 10.3. The van der Waals surface area contributed by atoms with Crippen LogP contribution in [0.1, 0.15) is 0 Å². The first-order chi connectivity index (χ1) is 17.3. The molecule has 0 bridgehead atoms. The molecule has 0 fully saturated rings. The number of fused-ring (bicyclic) bond motifs is 3. The summed E-state index contributed by atoms with van der Waals surface area (Å²) in [6.07, 6.45) is 0. The molecule has 0 N–H and O–H groups in total. The minimum Gasteiger partial charge on any atom is -0.497 e. The summed E-state index contributed by atoms with van der Waals surface area (Å²) in [5, 5.41) is 0.991. The van der Waals surface area contributed by atoms with Gasteiger partial charge >= 0.3 is 0 Å². The van der Waals surface area contributed by atoms with Gasteiger partial charge in [0.2, 0.25) is 0 Å². The zero-order valence-corrected chi connectivity index (χ0v) is 19.5. The zero-order valence-electron chi connectivity index (χ0n) is 19.5. The highest BCUT2D eigenvalue weighted by atomic mass is 16.5. The van der Waals surface area contributed by atoms with Crippen LogP contribution in [0.15, 0.2) is 103 Å². The Bertz CT molecular complexity index is 1640. The van der Waals surface area contributed by atoms with Crippen molar-refractivity contribution in [2.45, 2.75) is 0 Å². The molecule has 0 radical (unpaired) electrons. The Labute approximate surface area is 203 Å². The van der Waals surface area contributed by atoms with Crippen LogP contribution >= 0.6 is 0 Å². The molecule has 0 spiro atoms. The Morgan fingerprint density at radius 1 is 0.600 bits per heavy atom. The van der Waals surface area contributed by atoms with Gasteiger partial charge in [0.05, 0.1) is 31.1 Å². The Morgan fingerprint density at radius 3 is 1.86 bits per heavy atom. The van der Waals surface area contributed by atoms with E-state index in [1.807, 2.05) is 72.8 Å². The number of hydrogen-bond donors (Lipinski definition) is 0. The third-order valence-corrected chi connectivity index (χ3v) is 6.16. The SMILES string of the molecule is COc1cc(OC)cc(-c2nc3ccccc3c3nc(-c4ccccc4)c(-c4ccccc4)n23)c1. The molecule has 4 aromatic carbocycles. The predicted molar refractivity (Wildman–Crippen MR) is 140 cm³/mol. The lowest BCUT2D eigenvalue weighted by Crippen LogP contribution is -2.01. The molecule has 6 rings (SSSR count). The van der Waals surface area contributed by atoms with Crippen molar-refractivity contribution in [1.29, 1.82) is 0 Å². The number of methoxy groups -OCH3 is 2. The largest absolute Gasteiger partial charge is 0.497 e. The molecule has 2 heterocycles. The van der Waals surface area contributed by atoms with Crippen LogP contribution in [0, 0.1) is 0 Å². The van der Waals surface area contributed by atoms with Crippen molar-refractivity contribution in [1.82, 2.24) is 14.4 Å². The second-order valence-electron chi connectivity index (χ2n) is 8.25. The van der Waals surface area contributed by atoms with Crippen molar-refractivity contribution in [2.75, 3.05) is 14.2 Å². The Hall–Kier alpha value is -4.64. The molecular weight excluding hydrogens is 434 g/mol. The van der Waals surface area contributed by atoms with E-state index < -0.39 is 0 Å². The average molecular weight is 458 g/mol. The fourth-order valence-corrected chi connectivity index (χ4v) is 4.52. The minimum absolute atomic E-state index is 0.701. The summed E-state index contributed by atoms with van der Waals surface area (Å²) in [6, 6.07) is 34.6. The number of rotatable bonds is 5. The highest BCUT2D eigenvalue weighted by molar-refractivity contribution is 5.97. The number of ether oxygens (including phenoxy) is 2. The topological polar surface area (TPSA) is 48.7 Å². The number of nitrogens with zero attached hydrogens (tertiary/aromatic N) is 3. The van der Waals surface area contributed by atoms with Gasteiger partial charge in [0.15, 0.2) is 0 Å². The molecule has 0 saturated heterocycles. The van der Waals surface area contributed by atoms with Crippen LogP contribution in [0.4, 0.5) is 0 Å². The van der Waals surface area contributed by atoms with Gasteiger partial charge in [-0.25, -0.2) is 9.97 Å². The molecule has 0 aliphatic carbocycles. The Balaban J connectivity index is 1.80. The van der Waals surface area contributed by atoms with Crippen LogP contribution in [-0.4, -0.2) is 28.6 Å². The first kappa shape index (κ1) is 20.9. The molecule has 0 atom stereocenters. The van der Waals surface area contributed by atoms with E-state index in [1.54, 1.807) is 14.2 Å². The molecule has 0 aliphatic rings. The van der Waals surface area contributed by atoms with E-state index in [1.165, 1.54) is 0 Å². The first-order valence-corrected chi connectivity index (χ1v) is 11.4. The number of hydrogen-bond acceptors (Lipinski definition) is 4. The summed E-state index contributed by atoms with van der Waals surface area (Å²) in [6.45, 7) is 0. The second-order valence-corrected chi connectivity index (χ2v) is 8.25. The Morgan fingerprint density at radius 2 is 1.20 bits per heavy atom. The van der Waals surface area contributed by atoms with Gasteiger partial charge in [-0.3, -0.25) is 4.40 Å². The van der Waals surface area contributed by atoms with Gasteiger partial charge in [-0.05, 0) is 24.3 Å². The number of imidazole rings is 1. The van der Waals surface area contributed by atoms with Crippen LogP contribution < -0.4 is 9.47 Å². The third kappa shape index (κ3) is 3.58. The summed E-state index contributed by atoms with van der Waals surface area (Å²) in [5.41, 5.74) is 6.62. The molecule has 6 aromatic rings. The lowest BCUT2D eigenvalue weighted by molar-refractivity contribution is 0.394. The third-order valence-electron chi connectivity index (χ3n) is 6.16. The fourth-order valence-electron chi connectivity index (χ4n) is 4.52. The van der Waals surface area contributed by atoms with E-state index in [2.05, 4.69) is 34.7 Å². The van der Waals surface area contributed by atoms with Crippen molar-refractivity contribution in [3.05, 3.63) is 103 Å². The van der Waals surface area contributed by atoms with Crippen molar-refractivity contribution in [3.63, 3.8) is 0 Å². The van der Waals surface area contributed by atoms with Crippen molar-refractivity contribution >= 4 is 16.6 Å². The molecule has 35 heavy (non-hydrogen) atoms. The molecule has 0 amide bonds. The normalized spacial score (nSPS) is 11.1. The number of aromatic nitrogens is 3.